The number of anilines is 1. The lowest BCUT2D eigenvalue weighted by Gasteiger charge is -2.23. The SMILES string of the molecule is CC1CNc2cccc(Cl)c2C1. The second kappa shape index (κ2) is 2.98. The van der Waals surface area contributed by atoms with E-state index in [1.165, 1.54) is 11.3 Å². The van der Waals surface area contributed by atoms with E-state index >= 15 is 0 Å². The van der Waals surface area contributed by atoms with Crippen molar-refractivity contribution in [1.29, 1.82) is 0 Å². The molecule has 1 N–H and O–H groups in total. The molecule has 2 rings (SSSR count). The minimum Gasteiger partial charge on any atom is -0.385 e. The third kappa shape index (κ3) is 1.29. The van der Waals surface area contributed by atoms with E-state index in [1.807, 2.05) is 12.1 Å². The van der Waals surface area contributed by atoms with Crippen molar-refractivity contribution in [2.75, 3.05) is 11.9 Å². The number of hydrogen-bond donors (Lipinski definition) is 1. The molecule has 1 aromatic carbocycles. The highest BCUT2D eigenvalue weighted by molar-refractivity contribution is 6.31. The Hall–Kier alpha value is -0.690. The van der Waals surface area contributed by atoms with Crippen LogP contribution in [0.5, 0.6) is 0 Å². The van der Waals surface area contributed by atoms with Crippen LogP contribution in [0.1, 0.15) is 12.5 Å². The van der Waals surface area contributed by atoms with Crippen LogP contribution in [0, 0.1) is 5.92 Å². The van der Waals surface area contributed by atoms with Crippen molar-refractivity contribution in [3.63, 3.8) is 0 Å². The van der Waals surface area contributed by atoms with Crippen molar-refractivity contribution in [1.82, 2.24) is 0 Å². The Balaban J connectivity index is 2.43. The fourth-order valence-electron chi connectivity index (χ4n) is 1.64. The third-order valence-electron chi connectivity index (χ3n) is 2.31. The van der Waals surface area contributed by atoms with E-state index in [1.54, 1.807) is 0 Å². The summed E-state index contributed by atoms with van der Waals surface area (Å²) in [6.07, 6.45) is 1.10. The predicted molar refractivity (Wildman–Crippen MR) is 52.8 cm³/mol. The van der Waals surface area contributed by atoms with Gasteiger partial charge in [-0.1, -0.05) is 24.6 Å². The Labute approximate surface area is 77.7 Å². The number of nitrogens with one attached hydrogen (secondary N) is 1. The molecule has 0 saturated carbocycles. The van der Waals surface area contributed by atoms with Gasteiger partial charge in [-0.3, -0.25) is 0 Å². The van der Waals surface area contributed by atoms with Gasteiger partial charge in [0.1, 0.15) is 0 Å². The number of rotatable bonds is 0. The highest BCUT2D eigenvalue weighted by Gasteiger charge is 2.15. The van der Waals surface area contributed by atoms with Crippen molar-refractivity contribution in [2.24, 2.45) is 5.92 Å². The molecule has 0 radical (unpaired) electrons. The third-order valence-corrected chi connectivity index (χ3v) is 2.67. The van der Waals surface area contributed by atoms with Gasteiger partial charge in [0.05, 0.1) is 0 Å². The van der Waals surface area contributed by atoms with Crippen LogP contribution in [0.3, 0.4) is 0 Å². The molecule has 0 spiro atoms. The maximum absolute atomic E-state index is 6.07. The van der Waals surface area contributed by atoms with Crippen LogP contribution < -0.4 is 5.32 Å². The fraction of sp³-hybridized carbons (Fsp3) is 0.400. The summed E-state index contributed by atoms with van der Waals surface area (Å²) in [5, 5.41) is 4.26. The molecule has 64 valence electrons. The van der Waals surface area contributed by atoms with Gasteiger partial charge in [-0.2, -0.15) is 0 Å². The van der Waals surface area contributed by atoms with Crippen molar-refractivity contribution < 1.29 is 0 Å². The molecule has 12 heavy (non-hydrogen) atoms. The van der Waals surface area contributed by atoms with Gasteiger partial charge in [0.2, 0.25) is 0 Å². The molecule has 1 aromatic rings. The van der Waals surface area contributed by atoms with E-state index in [0.29, 0.717) is 5.92 Å². The number of halogens is 1. The Morgan fingerprint density at radius 3 is 3.17 bits per heavy atom. The first kappa shape index (κ1) is 7.93. The molecular formula is C10H12ClN. The monoisotopic (exact) mass is 181 g/mol. The molecule has 1 unspecified atom stereocenters. The Morgan fingerprint density at radius 2 is 2.33 bits per heavy atom. The van der Waals surface area contributed by atoms with Gasteiger partial charge >= 0.3 is 0 Å². The molecule has 0 fully saturated rings. The highest BCUT2D eigenvalue weighted by Crippen LogP contribution is 2.30. The van der Waals surface area contributed by atoms with Gasteiger partial charge < -0.3 is 5.32 Å². The quantitative estimate of drug-likeness (QED) is 0.649. The van der Waals surface area contributed by atoms with E-state index < -0.39 is 0 Å². The van der Waals surface area contributed by atoms with Crippen LogP contribution in [0.25, 0.3) is 0 Å². The molecule has 1 aliphatic heterocycles. The molecule has 0 amide bonds. The van der Waals surface area contributed by atoms with Crippen molar-refractivity contribution in [3.05, 3.63) is 28.8 Å². The van der Waals surface area contributed by atoms with Gasteiger partial charge in [-0.25, -0.2) is 0 Å². The Morgan fingerprint density at radius 1 is 1.50 bits per heavy atom. The van der Waals surface area contributed by atoms with Crippen LogP contribution in [0.2, 0.25) is 5.02 Å². The molecule has 1 heterocycles. The number of hydrogen-bond acceptors (Lipinski definition) is 1. The van der Waals surface area contributed by atoms with E-state index in [4.69, 9.17) is 11.6 Å². The van der Waals surface area contributed by atoms with E-state index in [9.17, 15) is 0 Å². The maximum atomic E-state index is 6.07. The maximum Gasteiger partial charge on any atom is 0.0458 e. The summed E-state index contributed by atoms with van der Waals surface area (Å²) in [6.45, 7) is 3.30. The summed E-state index contributed by atoms with van der Waals surface area (Å²) in [6, 6.07) is 6.04. The molecule has 2 heteroatoms. The van der Waals surface area contributed by atoms with Gasteiger partial charge in [0.15, 0.2) is 0 Å². The zero-order valence-corrected chi connectivity index (χ0v) is 7.86. The lowest BCUT2D eigenvalue weighted by Crippen LogP contribution is -2.20. The molecule has 0 bridgehead atoms. The average Bonchev–Trinajstić information content (AvgIpc) is 2.07. The lowest BCUT2D eigenvalue weighted by atomic mass is 9.96. The Kier molecular flexibility index (Phi) is 1.97. The van der Waals surface area contributed by atoms with Crippen LogP contribution in [-0.4, -0.2) is 6.54 Å². The Bertz CT molecular complexity index is 296. The average molecular weight is 182 g/mol. The smallest absolute Gasteiger partial charge is 0.0458 e. The van der Waals surface area contributed by atoms with E-state index in [-0.39, 0.29) is 0 Å². The van der Waals surface area contributed by atoms with Crippen LogP contribution >= 0.6 is 11.6 Å². The fourth-order valence-corrected chi connectivity index (χ4v) is 1.89. The van der Waals surface area contributed by atoms with E-state index in [2.05, 4.69) is 18.3 Å². The minimum absolute atomic E-state index is 0.692. The van der Waals surface area contributed by atoms with Crippen molar-refractivity contribution in [2.45, 2.75) is 13.3 Å². The first-order valence-corrected chi connectivity index (χ1v) is 4.66. The number of benzene rings is 1. The summed E-state index contributed by atoms with van der Waals surface area (Å²) in [5.41, 5.74) is 2.48. The predicted octanol–water partition coefficient (Wildman–Crippen LogP) is 2.94. The molecule has 1 nitrogen and oxygen atoms in total. The highest BCUT2D eigenvalue weighted by atomic mass is 35.5. The standard InChI is InChI=1S/C10H12ClN/c1-7-5-8-9(11)3-2-4-10(8)12-6-7/h2-4,7,12H,5-6H2,1H3. The van der Waals surface area contributed by atoms with Crippen molar-refractivity contribution in [3.8, 4) is 0 Å². The normalized spacial score (nSPS) is 21.3. The summed E-state index contributed by atoms with van der Waals surface area (Å²) in [4.78, 5) is 0. The molecule has 0 saturated heterocycles. The molecular weight excluding hydrogens is 170 g/mol. The molecule has 0 aromatic heterocycles. The second-order valence-corrected chi connectivity index (χ2v) is 3.86. The van der Waals surface area contributed by atoms with Gasteiger partial charge in [-0.05, 0) is 30.0 Å². The first-order valence-electron chi connectivity index (χ1n) is 4.28. The molecule has 1 aliphatic rings. The van der Waals surface area contributed by atoms with Crippen molar-refractivity contribution >= 4 is 17.3 Å². The van der Waals surface area contributed by atoms with Crippen LogP contribution in [0.15, 0.2) is 18.2 Å². The summed E-state index contributed by atoms with van der Waals surface area (Å²) in [7, 11) is 0. The largest absolute Gasteiger partial charge is 0.385 e. The summed E-state index contributed by atoms with van der Waals surface area (Å²) >= 11 is 6.07. The van der Waals surface area contributed by atoms with Gasteiger partial charge in [0, 0.05) is 17.3 Å². The minimum atomic E-state index is 0.692. The van der Waals surface area contributed by atoms with Gasteiger partial charge in [0.25, 0.3) is 0 Å². The van der Waals surface area contributed by atoms with E-state index in [0.717, 1.165) is 18.0 Å². The van der Waals surface area contributed by atoms with Crippen LogP contribution in [-0.2, 0) is 6.42 Å². The summed E-state index contributed by atoms with van der Waals surface area (Å²) in [5.74, 6) is 0.692. The lowest BCUT2D eigenvalue weighted by molar-refractivity contribution is 0.595. The molecule has 1 atom stereocenters. The number of fused-ring (bicyclic) bond motifs is 1. The summed E-state index contributed by atoms with van der Waals surface area (Å²) < 4.78 is 0. The zero-order chi connectivity index (χ0) is 8.55. The molecule has 0 aliphatic carbocycles. The van der Waals surface area contributed by atoms with Gasteiger partial charge in [-0.15, -0.1) is 0 Å². The topological polar surface area (TPSA) is 12.0 Å². The second-order valence-electron chi connectivity index (χ2n) is 3.46. The van der Waals surface area contributed by atoms with Crippen LogP contribution in [0.4, 0.5) is 5.69 Å². The first-order chi connectivity index (χ1) is 5.77. The zero-order valence-electron chi connectivity index (χ0n) is 7.10.